The predicted octanol–water partition coefficient (Wildman–Crippen LogP) is 4.59. The largest absolute Gasteiger partial charge is 0.497 e. The van der Waals surface area contributed by atoms with E-state index in [2.05, 4.69) is 10.6 Å². The lowest BCUT2D eigenvalue weighted by molar-refractivity contribution is -0.114. The molecule has 3 aromatic carbocycles. The van der Waals surface area contributed by atoms with E-state index in [1.807, 2.05) is 0 Å². The summed E-state index contributed by atoms with van der Waals surface area (Å²) in [6.45, 7) is -0.497. The molecule has 3 aromatic rings. The van der Waals surface area contributed by atoms with Crippen molar-refractivity contribution in [2.24, 2.45) is 0 Å². The molecule has 37 heavy (non-hydrogen) atoms. The van der Waals surface area contributed by atoms with Crippen LogP contribution in [0, 0.1) is 0 Å². The first-order chi connectivity index (χ1) is 17.9. The molecule has 0 radical (unpaired) electrons. The van der Waals surface area contributed by atoms with Crippen LogP contribution >= 0.6 is 0 Å². The molecule has 0 aromatic heterocycles. The van der Waals surface area contributed by atoms with Crippen molar-refractivity contribution in [2.75, 3.05) is 23.3 Å². The number of rotatable bonds is 9. The Morgan fingerprint density at radius 1 is 0.919 bits per heavy atom. The molecule has 0 atom stereocenters. The summed E-state index contributed by atoms with van der Waals surface area (Å²) in [5.74, 6) is -0.388. The van der Waals surface area contributed by atoms with Crippen LogP contribution in [0.25, 0.3) is 0 Å². The van der Waals surface area contributed by atoms with Crippen LogP contribution in [0.1, 0.15) is 42.5 Å². The number of sulfonamides is 1. The first-order valence-electron chi connectivity index (χ1n) is 12.3. The number of ether oxygens (including phenoxy) is 1. The Labute approximate surface area is 217 Å². The van der Waals surface area contributed by atoms with Gasteiger partial charge in [-0.25, -0.2) is 8.42 Å². The van der Waals surface area contributed by atoms with Gasteiger partial charge < -0.3 is 15.4 Å². The fraction of sp³-hybridized carbons (Fsp3) is 0.286. The minimum absolute atomic E-state index is 0.0536. The van der Waals surface area contributed by atoms with Gasteiger partial charge in [-0.05, 0) is 49.2 Å². The van der Waals surface area contributed by atoms with E-state index >= 15 is 0 Å². The van der Waals surface area contributed by atoms with Crippen LogP contribution in [-0.4, -0.2) is 39.9 Å². The fourth-order valence-electron chi connectivity index (χ4n) is 4.42. The highest BCUT2D eigenvalue weighted by atomic mass is 32.2. The monoisotopic (exact) mass is 521 g/mol. The van der Waals surface area contributed by atoms with E-state index in [0.717, 1.165) is 30.0 Å². The van der Waals surface area contributed by atoms with Gasteiger partial charge in [-0.15, -0.1) is 0 Å². The molecule has 194 valence electrons. The molecule has 4 rings (SSSR count). The zero-order chi connectivity index (χ0) is 26.3. The van der Waals surface area contributed by atoms with Crippen molar-refractivity contribution in [3.8, 4) is 5.75 Å². The lowest BCUT2D eigenvalue weighted by Crippen LogP contribution is -2.39. The number of hydrogen-bond donors (Lipinski definition) is 2. The zero-order valence-electron chi connectivity index (χ0n) is 20.7. The number of anilines is 2. The summed E-state index contributed by atoms with van der Waals surface area (Å²) in [5.41, 5.74) is 0.936. The smallest absolute Gasteiger partial charge is 0.264 e. The molecule has 9 heteroatoms. The van der Waals surface area contributed by atoms with Gasteiger partial charge in [-0.1, -0.05) is 55.7 Å². The molecule has 1 aliphatic carbocycles. The predicted molar refractivity (Wildman–Crippen MR) is 143 cm³/mol. The van der Waals surface area contributed by atoms with Gasteiger partial charge in [0.05, 0.1) is 28.9 Å². The van der Waals surface area contributed by atoms with Crippen molar-refractivity contribution < 1.29 is 22.7 Å². The molecule has 0 saturated heterocycles. The Balaban J connectivity index is 1.58. The normalized spacial score (nSPS) is 14.0. The van der Waals surface area contributed by atoms with Crippen molar-refractivity contribution in [1.82, 2.24) is 5.32 Å². The summed E-state index contributed by atoms with van der Waals surface area (Å²) in [7, 11) is -2.59. The van der Waals surface area contributed by atoms with Crippen molar-refractivity contribution in [3.63, 3.8) is 0 Å². The summed E-state index contributed by atoms with van der Waals surface area (Å²) in [6, 6.07) is 21.3. The molecule has 0 spiro atoms. The lowest BCUT2D eigenvalue weighted by Gasteiger charge is -2.25. The van der Waals surface area contributed by atoms with Gasteiger partial charge in [0.1, 0.15) is 12.3 Å². The van der Waals surface area contributed by atoms with Crippen LogP contribution in [0.15, 0.2) is 83.8 Å². The summed E-state index contributed by atoms with van der Waals surface area (Å²) >= 11 is 0. The van der Waals surface area contributed by atoms with E-state index in [9.17, 15) is 18.0 Å². The average Bonchev–Trinajstić information content (AvgIpc) is 2.93. The zero-order valence-corrected chi connectivity index (χ0v) is 21.5. The van der Waals surface area contributed by atoms with Crippen LogP contribution in [0.5, 0.6) is 5.75 Å². The minimum Gasteiger partial charge on any atom is -0.497 e. The molecule has 0 unspecified atom stereocenters. The second-order valence-electron chi connectivity index (χ2n) is 8.93. The molecule has 1 saturated carbocycles. The Morgan fingerprint density at radius 3 is 2.35 bits per heavy atom. The van der Waals surface area contributed by atoms with Gasteiger partial charge in [-0.3, -0.25) is 13.9 Å². The highest BCUT2D eigenvalue weighted by Gasteiger charge is 2.28. The van der Waals surface area contributed by atoms with Crippen LogP contribution in [-0.2, 0) is 14.8 Å². The van der Waals surface area contributed by atoms with E-state index in [4.69, 9.17) is 4.74 Å². The molecule has 1 aliphatic rings. The van der Waals surface area contributed by atoms with Crippen molar-refractivity contribution in [3.05, 3.63) is 84.4 Å². The van der Waals surface area contributed by atoms with Gasteiger partial charge in [0.25, 0.3) is 15.9 Å². The Morgan fingerprint density at radius 2 is 1.62 bits per heavy atom. The maximum atomic E-state index is 13.6. The van der Waals surface area contributed by atoms with Gasteiger partial charge in [-0.2, -0.15) is 0 Å². The number of methoxy groups -OCH3 is 1. The average molecular weight is 522 g/mol. The van der Waals surface area contributed by atoms with E-state index < -0.39 is 22.5 Å². The Hall–Kier alpha value is -3.85. The molecular formula is C28H31N3O5S. The van der Waals surface area contributed by atoms with Crippen LogP contribution in [0.2, 0.25) is 0 Å². The van der Waals surface area contributed by atoms with E-state index in [1.165, 1.54) is 25.7 Å². The SMILES string of the molecule is COc1cccc(N(CC(=O)Nc2ccccc2C(=O)NC2CCCCC2)S(=O)(=O)c2ccccc2)c1. The van der Waals surface area contributed by atoms with Crippen molar-refractivity contribution in [1.29, 1.82) is 0 Å². The Bertz CT molecular complexity index is 1340. The second-order valence-corrected chi connectivity index (χ2v) is 10.8. The lowest BCUT2D eigenvalue weighted by atomic mass is 9.95. The number of benzene rings is 3. The molecular weight excluding hydrogens is 490 g/mol. The van der Waals surface area contributed by atoms with E-state index in [0.29, 0.717) is 17.0 Å². The highest BCUT2D eigenvalue weighted by molar-refractivity contribution is 7.92. The summed E-state index contributed by atoms with van der Waals surface area (Å²) in [6.07, 6.45) is 5.22. The quantitative estimate of drug-likeness (QED) is 0.429. The number of nitrogens with one attached hydrogen (secondary N) is 2. The molecule has 8 nitrogen and oxygen atoms in total. The van der Waals surface area contributed by atoms with Gasteiger partial charge in [0.2, 0.25) is 5.91 Å². The second kappa shape index (κ2) is 11.9. The third-order valence-corrected chi connectivity index (χ3v) is 8.13. The summed E-state index contributed by atoms with van der Waals surface area (Å²) < 4.78 is 33.4. The van der Waals surface area contributed by atoms with E-state index in [-0.39, 0.29) is 22.5 Å². The fourth-order valence-corrected chi connectivity index (χ4v) is 5.85. The van der Waals surface area contributed by atoms with Gasteiger partial charge in [0.15, 0.2) is 0 Å². The third-order valence-electron chi connectivity index (χ3n) is 6.35. The third kappa shape index (κ3) is 6.48. The number of carbonyl (C=O) groups is 2. The van der Waals surface area contributed by atoms with Crippen LogP contribution < -0.4 is 19.7 Å². The molecule has 0 aliphatic heterocycles. The summed E-state index contributed by atoms with van der Waals surface area (Å²) in [5, 5.41) is 5.81. The molecule has 2 N–H and O–H groups in total. The maximum Gasteiger partial charge on any atom is 0.264 e. The number of amides is 2. The van der Waals surface area contributed by atoms with E-state index in [1.54, 1.807) is 66.7 Å². The standard InChI is InChI=1S/C28H31N3O5S/c1-36-23-14-10-13-22(19-23)31(37(34,35)24-15-6-3-7-16-24)20-27(32)30-26-18-9-8-17-25(26)28(33)29-21-11-4-2-5-12-21/h3,6-10,13-19,21H,2,4-5,11-12,20H2,1H3,(H,29,33)(H,30,32). The molecule has 0 bridgehead atoms. The Kier molecular flexibility index (Phi) is 8.45. The number of para-hydroxylation sites is 1. The van der Waals surface area contributed by atoms with Crippen molar-refractivity contribution in [2.45, 2.75) is 43.0 Å². The summed E-state index contributed by atoms with van der Waals surface area (Å²) in [4.78, 5) is 26.3. The topological polar surface area (TPSA) is 105 Å². The first-order valence-corrected chi connectivity index (χ1v) is 13.7. The van der Waals surface area contributed by atoms with Gasteiger partial charge >= 0.3 is 0 Å². The first kappa shape index (κ1) is 26.2. The number of carbonyl (C=O) groups excluding carboxylic acids is 2. The van der Waals surface area contributed by atoms with Crippen LogP contribution in [0.3, 0.4) is 0 Å². The number of nitrogens with zero attached hydrogens (tertiary/aromatic N) is 1. The highest BCUT2D eigenvalue weighted by Crippen LogP contribution is 2.27. The van der Waals surface area contributed by atoms with Crippen molar-refractivity contribution >= 4 is 33.2 Å². The molecule has 1 fully saturated rings. The molecule has 0 heterocycles. The number of hydrogen-bond acceptors (Lipinski definition) is 5. The van der Waals surface area contributed by atoms with Crippen LogP contribution in [0.4, 0.5) is 11.4 Å². The maximum absolute atomic E-state index is 13.6. The minimum atomic E-state index is -4.07. The molecule has 2 amide bonds. The van der Waals surface area contributed by atoms with Gasteiger partial charge in [0, 0.05) is 12.1 Å².